The topological polar surface area (TPSA) is 187 Å². The van der Waals surface area contributed by atoms with E-state index in [4.69, 9.17) is 33.3 Å². The van der Waals surface area contributed by atoms with Crippen LogP contribution in [0.3, 0.4) is 0 Å². The number of nitrogens with zero attached hydrogens (tertiary/aromatic N) is 3. The molecule has 0 saturated carbocycles. The zero-order chi connectivity index (χ0) is 24.0. The van der Waals surface area contributed by atoms with Gasteiger partial charge in [-0.2, -0.15) is 0 Å². The average molecular weight is 450 g/mol. The summed E-state index contributed by atoms with van der Waals surface area (Å²) in [4.78, 5) is 21.0. The zero-order valence-electron chi connectivity index (χ0n) is 18.7. The molecule has 3 aromatic rings. The fourth-order valence-electron chi connectivity index (χ4n) is 3.54. The van der Waals surface area contributed by atoms with Crippen molar-refractivity contribution >= 4 is 34.4 Å². The summed E-state index contributed by atoms with van der Waals surface area (Å²) >= 11 is 0. The summed E-state index contributed by atoms with van der Waals surface area (Å²) in [6, 6.07) is 12.7. The fourth-order valence-corrected chi connectivity index (χ4v) is 3.54. The van der Waals surface area contributed by atoms with E-state index in [1.807, 2.05) is 49.5 Å². The monoisotopic (exact) mass is 449 g/mol. The van der Waals surface area contributed by atoms with E-state index >= 15 is 0 Å². The van der Waals surface area contributed by atoms with Crippen LogP contribution in [0.25, 0.3) is 11.0 Å². The Labute approximate surface area is 192 Å². The maximum atomic E-state index is 12.4. The molecule has 0 aliphatic carbocycles. The third-order valence-electron chi connectivity index (χ3n) is 5.45. The van der Waals surface area contributed by atoms with Crippen LogP contribution in [0.2, 0.25) is 0 Å². The number of amidine groups is 1. The molecule has 3 rings (SSSR count). The van der Waals surface area contributed by atoms with Crippen molar-refractivity contribution in [1.82, 2.24) is 9.55 Å². The van der Waals surface area contributed by atoms with Crippen LogP contribution >= 0.6 is 0 Å². The minimum absolute atomic E-state index is 0.0296. The number of aryl methyl sites for hydroxylation is 3. The van der Waals surface area contributed by atoms with Crippen LogP contribution in [0.5, 0.6) is 0 Å². The Balaban J connectivity index is 1.62. The van der Waals surface area contributed by atoms with Gasteiger partial charge in [-0.1, -0.05) is 24.3 Å². The number of nitrogens with two attached hydrogens (primary N) is 4. The number of carbonyl (C=O) groups excluding carboxylic acids is 1. The lowest BCUT2D eigenvalue weighted by Crippen LogP contribution is -2.35. The van der Waals surface area contributed by atoms with Gasteiger partial charge in [0.2, 0.25) is 5.91 Å². The Kier molecular flexibility index (Phi) is 7.62. The van der Waals surface area contributed by atoms with Gasteiger partial charge in [-0.25, -0.2) is 4.98 Å². The fraction of sp³-hybridized carbons (Fsp3) is 0.304. The number of fused-ring (bicyclic) bond motifs is 1. The molecule has 1 aromatic heterocycles. The number of aliphatic imine (C=N–C) groups is 1. The van der Waals surface area contributed by atoms with Crippen LogP contribution in [0.4, 0.5) is 5.69 Å². The highest BCUT2D eigenvalue weighted by Gasteiger charge is 2.15. The number of imidazole rings is 1. The van der Waals surface area contributed by atoms with E-state index in [0.717, 1.165) is 35.3 Å². The number of benzene rings is 2. The highest BCUT2D eigenvalue weighted by molar-refractivity contribution is 5.96. The molecule has 174 valence electrons. The first-order valence-corrected chi connectivity index (χ1v) is 10.7. The first kappa shape index (κ1) is 23.7. The molecule has 10 heteroatoms. The molecule has 10 nitrogen and oxygen atoms in total. The maximum absolute atomic E-state index is 12.4. The molecule has 1 unspecified atom stereocenters. The van der Waals surface area contributed by atoms with E-state index < -0.39 is 6.04 Å². The molecule has 0 saturated heterocycles. The summed E-state index contributed by atoms with van der Waals surface area (Å²) in [5.74, 6) is 0.776. The maximum Gasteiger partial charge on any atom is 0.241 e. The van der Waals surface area contributed by atoms with Gasteiger partial charge in [0.25, 0.3) is 0 Å². The summed E-state index contributed by atoms with van der Waals surface area (Å²) in [6.45, 7) is 0.437. The summed E-state index contributed by atoms with van der Waals surface area (Å²) in [6.07, 6.45) is 2.67. The molecule has 0 bridgehead atoms. The molecule has 1 amide bonds. The van der Waals surface area contributed by atoms with E-state index in [9.17, 15) is 4.79 Å². The van der Waals surface area contributed by atoms with Gasteiger partial charge in [-0.05, 0) is 43.0 Å². The number of hydrogen-bond acceptors (Lipinski definition) is 5. The smallest absolute Gasteiger partial charge is 0.241 e. The number of nitrogen functional groups attached to an aromatic ring is 1. The van der Waals surface area contributed by atoms with Crippen molar-refractivity contribution < 1.29 is 4.79 Å². The Bertz CT molecular complexity index is 1160. The van der Waals surface area contributed by atoms with Crippen LogP contribution in [-0.4, -0.2) is 39.8 Å². The van der Waals surface area contributed by atoms with E-state index in [-0.39, 0.29) is 17.7 Å². The number of anilines is 1. The molecule has 1 heterocycles. The molecule has 2 aromatic carbocycles. The summed E-state index contributed by atoms with van der Waals surface area (Å²) < 4.78 is 2.06. The zero-order valence-corrected chi connectivity index (χ0v) is 18.7. The van der Waals surface area contributed by atoms with Gasteiger partial charge in [0.05, 0.1) is 17.1 Å². The molecule has 0 radical (unpaired) electrons. The van der Waals surface area contributed by atoms with Crippen molar-refractivity contribution in [3.63, 3.8) is 0 Å². The standard InChI is InChI=1S/C23H31N9O/c1-32-19-10-9-16(30-22(33)17(24)3-2-12-29-23(27)28)13-18(19)31-20(32)11-6-14-4-7-15(8-5-14)21(25)26/h4-5,7-10,13,17H,2-3,6,11-12,24H2,1H3,(H3,25,26)(H,30,33)(H4,27,28,29). The van der Waals surface area contributed by atoms with Gasteiger partial charge in [0, 0.05) is 31.3 Å². The normalized spacial score (nSPS) is 11.8. The molecular weight excluding hydrogens is 418 g/mol. The molecule has 0 aliphatic heterocycles. The number of hydrogen-bond donors (Lipinski definition) is 6. The highest BCUT2D eigenvalue weighted by Crippen LogP contribution is 2.21. The minimum atomic E-state index is -0.649. The first-order valence-electron chi connectivity index (χ1n) is 10.7. The van der Waals surface area contributed by atoms with E-state index in [2.05, 4.69) is 14.9 Å². The van der Waals surface area contributed by atoms with Crippen LogP contribution in [-0.2, 0) is 24.7 Å². The van der Waals surface area contributed by atoms with Gasteiger partial charge >= 0.3 is 0 Å². The van der Waals surface area contributed by atoms with Crippen molar-refractivity contribution in [3.05, 3.63) is 59.4 Å². The first-order chi connectivity index (χ1) is 15.7. The third-order valence-corrected chi connectivity index (χ3v) is 5.45. The minimum Gasteiger partial charge on any atom is -0.384 e. The highest BCUT2D eigenvalue weighted by atomic mass is 16.2. The summed E-state index contributed by atoms with van der Waals surface area (Å²) in [7, 11) is 1.98. The predicted molar refractivity (Wildman–Crippen MR) is 132 cm³/mol. The second-order valence-corrected chi connectivity index (χ2v) is 7.95. The van der Waals surface area contributed by atoms with Crippen molar-refractivity contribution in [3.8, 4) is 0 Å². The molecule has 33 heavy (non-hydrogen) atoms. The number of nitrogens with one attached hydrogen (secondary N) is 2. The SMILES string of the molecule is Cn1c(CCc2ccc(C(=N)N)cc2)nc2cc(NC(=O)C(N)CCCN=C(N)N)ccc21. The van der Waals surface area contributed by atoms with Gasteiger partial charge in [0.15, 0.2) is 5.96 Å². The number of amides is 1. The second kappa shape index (κ2) is 10.6. The van der Waals surface area contributed by atoms with Crippen molar-refractivity contribution in [2.24, 2.45) is 35.0 Å². The second-order valence-electron chi connectivity index (χ2n) is 7.95. The average Bonchev–Trinajstić information content (AvgIpc) is 3.10. The molecule has 0 fully saturated rings. The number of aromatic nitrogens is 2. The number of rotatable bonds is 10. The predicted octanol–water partition coefficient (Wildman–Crippen LogP) is 0.962. The largest absolute Gasteiger partial charge is 0.384 e. The molecule has 1 atom stereocenters. The lowest BCUT2D eigenvalue weighted by Gasteiger charge is -2.11. The van der Waals surface area contributed by atoms with E-state index in [1.165, 1.54) is 0 Å². The molecule has 0 aliphatic rings. The van der Waals surface area contributed by atoms with Crippen LogP contribution < -0.4 is 28.3 Å². The lowest BCUT2D eigenvalue weighted by molar-refractivity contribution is -0.117. The Morgan fingerprint density at radius 1 is 1.15 bits per heavy atom. The molecular formula is C23H31N9O. The molecule has 0 spiro atoms. The van der Waals surface area contributed by atoms with Crippen LogP contribution in [0, 0.1) is 5.41 Å². The van der Waals surface area contributed by atoms with Crippen molar-refractivity contribution in [2.45, 2.75) is 31.7 Å². The Morgan fingerprint density at radius 3 is 2.55 bits per heavy atom. The van der Waals surface area contributed by atoms with E-state index in [1.54, 1.807) is 0 Å². The third kappa shape index (κ3) is 6.30. The van der Waals surface area contributed by atoms with Gasteiger partial charge in [0.1, 0.15) is 11.7 Å². The van der Waals surface area contributed by atoms with Gasteiger partial charge in [-0.15, -0.1) is 0 Å². The Hall–Kier alpha value is -3.92. The van der Waals surface area contributed by atoms with Gasteiger partial charge < -0.3 is 32.8 Å². The van der Waals surface area contributed by atoms with E-state index in [0.29, 0.717) is 30.6 Å². The lowest BCUT2D eigenvalue weighted by atomic mass is 10.1. The summed E-state index contributed by atoms with van der Waals surface area (Å²) in [5, 5.41) is 10.3. The number of carbonyl (C=O) groups is 1. The Morgan fingerprint density at radius 2 is 1.88 bits per heavy atom. The van der Waals surface area contributed by atoms with Gasteiger partial charge in [-0.3, -0.25) is 15.2 Å². The van der Waals surface area contributed by atoms with Crippen LogP contribution in [0.1, 0.15) is 29.8 Å². The molecule has 10 N–H and O–H groups in total. The summed E-state index contributed by atoms with van der Waals surface area (Å²) in [5.41, 5.74) is 26.4. The van der Waals surface area contributed by atoms with Crippen molar-refractivity contribution in [1.29, 1.82) is 5.41 Å². The van der Waals surface area contributed by atoms with Crippen LogP contribution in [0.15, 0.2) is 47.5 Å². The van der Waals surface area contributed by atoms with Crippen molar-refractivity contribution in [2.75, 3.05) is 11.9 Å². The quantitative estimate of drug-likeness (QED) is 0.152. The number of guanidine groups is 1.